The standard InChI is InChI=1S/C18H14ClNO3/c1-10-6-7-12(8-14(10)19)20-18(22)16-9-15(21)13-5-3-4-11(2)17(13)23-16/h3-9H,1-2H3,(H,20,22). The summed E-state index contributed by atoms with van der Waals surface area (Å²) >= 11 is 6.04. The highest BCUT2D eigenvalue weighted by Crippen LogP contribution is 2.21. The maximum absolute atomic E-state index is 12.3. The molecule has 0 bridgehead atoms. The predicted molar refractivity (Wildman–Crippen MR) is 91.4 cm³/mol. The first-order chi connectivity index (χ1) is 11.0. The number of amides is 1. The third kappa shape index (κ3) is 2.98. The van der Waals surface area contributed by atoms with E-state index < -0.39 is 5.91 Å². The summed E-state index contributed by atoms with van der Waals surface area (Å²) in [6, 6.07) is 11.7. The first kappa shape index (κ1) is 15.3. The van der Waals surface area contributed by atoms with Gasteiger partial charge < -0.3 is 9.73 Å². The summed E-state index contributed by atoms with van der Waals surface area (Å²) in [6.45, 7) is 3.70. The number of hydrogen-bond donors (Lipinski definition) is 1. The van der Waals surface area contributed by atoms with Crippen LogP contribution in [0.4, 0.5) is 5.69 Å². The summed E-state index contributed by atoms with van der Waals surface area (Å²) in [5.74, 6) is -0.527. The molecule has 0 radical (unpaired) electrons. The molecule has 0 atom stereocenters. The van der Waals surface area contributed by atoms with E-state index >= 15 is 0 Å². The Morgan fingerprint density at radius 3 is 2.61 bits per heavy atom. The van der Waals surface area contributed by atoms with Gasteiger partial charge in [0.05, 0.1) is 5.39 Å². The van der Waals surface area contributed by atoms with Gasteiger partial charge >= 0.3 is 0 Å². The van der Waals surface area contributed by atoms with Gasteiger partial charge in [0.2, 0.25) is 0 Å². The lowest BCUT2D eigenvalue weighted by molar-refractivity contribution is 0.0997. The molecule has 2 aromatic carbocycles. The van der Waals surface area contributed by atoms with E-state index in [0.717, 1.165) is 11.1 Å². The summed E-state index contributed by atoms with van der Waals surface area (Å²) < 4.78 is 5.62. The molecule has 0 unspecified atom stereocenters. The maximum Gasteiger partial charge on any atom is 0.291 e. The molecule has 0 saturated carbocycles. The van der Waals surface area contributed by atoms with Crippen LogP contribution in [0, 0.1) is 13.8 Å². The van der Waals surface area contributed by atoms with Crippen LogP contribution in [0.5, 0.6) is 0 Å². The zero-order valence-electron chi connectivity index (χ0n) is 12.6. The predicted octanol–water partition coefficient (Wildman–Crippen LogP) is 4.32. The smallest absolute Gasteiger partial charge is 0.291 e. The minimum absolute atomic E-state index is 0.0338. The van der Waals surface area contributed by atoms with E-state index in [1.54, 1.807) is 30.3 Å². The Bertz CT molecular complexity index is 976. The Labute approximate surface area is 137 Å². The van der Waals surface area contributed by atoms with E-state index in [1.807, 2.05) is 19.9 Å². The zero-order chi connectivity index (χ0) is 16.6. The van der Waals surface area contributed by atoms with Crippen LogP contribution in [0.2, 0.25) is 5.02 Å². The molecule has 0 spiro atoms. The minimum Gasteiger partial charge on any atom is -0.450 e. The van der Waals surface area contributed by atoms with E-state index in [-0.39, 0.29) is 11.2 Å². The van der Waals surface area contributed by atoms with E-state index in [9.17, 15) is 9.59 Å². The molecule has 0 aliphatic rings. The highest BCUT2D eigenvalue weighted by molar-refractivity contribution is 6.31. The number of anilines is 1. The van der Waals surface area contributed by atoms with Crippen LogP contribution >= 0.6 is 11.6 Å². The number of rotatable bonds is 2. The van der Waals surface area contributed by atoms with Gasteiger partial charge in [-0.25, -0.2) is 0 Å². The number of hydrogen-bond acceptors (Lipinski definition) is 3. The number of aryl methyl sites for hydroxylation is 2. The fourth-order valence-corrected chi connectivity index (χ4v) is 2.47. The van der Waals surface area contributed by atoms with E-state index in [2.05, 4.69) is 5.32 Å². The van der Waals surface area contributed by atoms with Gasteiger partial charge in [-0.1, -0.05) is 29.8 Å². The van der Waals surface area contributed by atoms with Crippen molar-refractivity contribution in [2.75, 3.05) is 5.32 Å². The van der Waals surface area contributed by atoms with Crippen molar-refractivity contribution in [3.8, 4) is 0 Å². The normalized spacial score (nSPS) is 10.7. The van der Waals surface area contributed by atoms with E-state index in [0.29, 0.717) is 21.7 Å². The summed E-state index contributed by atoms with van der Waals surface area (Å²) in [5, 5.41) is 3.69. The first-order valence-electron chi connectivity index (χ1n) is 7.06. The van der Waals surface area contributed by atoms with Crippen molar-refractivity contribution in [2.24, 2.45) is 0 Å². The molecule has 4 nitrogen and oxygen atoms in total. The maximum atomic E-state index is 12.3. The number of nitrogens with one attached hydrogen (secondary N) is 1. The van der Waals surface area contributed by atoms with Crippen LogP contribution in [-0.4, -0.2) is 5.91 Å². The molecule has 1 amide bonds. The summed E-state index contributed by atoms with van der Waals surface area (Å²) in [4.78, 5) is 24.5. The molecule has 1 heterocycles. The van der Waals surface area contributed by atoms with Gasteiger partial charge in [-0.3, -0.25) is 9.59 Å². The molecule has 0 saturated heterocycles. The topological polar surface area (TPSA) is 59.3 Å². The van der Waals surface area contributed by atoms with Crippen LogP contribution < -0.4 is 10.7 Å². The minimum atomic E-state index is -0.493. The Morgan fingerprint density at radius 2 is 1.87 bits per heavy atom. The molecule has 3 aromatic rings. The van der Waals surface area contributed by atoms with Gasteiger partial charge in [0.25, 0.3) is 5.91 Å². The lowest BCUT2D eigenvalue weighted by Crippen LogP contribution is -2.15. The van der Waals surface area contributed by atoms with Crippen LogP contribution in [0.15, 0.2) is 51.7 Å². The lowest BCUT2D eigenvalue weighted by Gasteiger charge is -2.07. The molecular formula is C18H14ClNO3. The number of carbonyl (C=O) groups is 1. The summed E-state index contributed by atoms with van der Waals surface area (Å²) in [6.07, 6.45) is 0. The Morgan fingerprint density at radius 1 is 1.09 bits per heavy atom. The molecule has 5 heteroatoms. The van der Waals surface area contributed by atoms with Crippen LogP contribution in [0.25, 0.3) is 11.0 Å². The SMILES string of the molecule is Cc1ccc(NC(=O)c2cc(=O)c3cccc(C)c3o2)cc1Cl. The number of benzene rings is 2. The first-order valence-corrected chi connectivity index (χ1v) is 7.44. The van der Waals surface area contributed by atoms with E-state index in [4.69, 9.17) is 16.0 Å². The number of para-hydroxylation sites is 1. The van der Waals surface area contributed by atoms with Gasteiger partial charge in [0.1, 0.15) is 5.58 Å². The second-order valence-electron chi connectivity index (χ2n) is 5.34. The molecule has 0 aliphatic carbocycles. The quantitative estimate of drug-likeness (QED) is 0.762. The molecule has 0 aliphatic heterocycles. The molecule has 0 fully saturated rings. The monoisotopic (exact) mass is 327 g/mol. The van der Waals surface area contributed by atoms with Crippen molar-refractivity contribution in [3.63, 3.8) is 0 Å². The number of halogens is 1. The second kappa shape index (κ2) is 5.89. The summed E-state index contributed by atoms with van der Waals surface area (Å²) in [5.41, 5.74) is 2.43. The second-order valence-corrected chi connectivity index (χ2v) is 5.75. The van der Waals surface area contributed by atoms with Crippen molar-refractivity contribution in [3.05, 3.63) is 74.6 Å². The van der Waals surface area contributed by atoms with Gasteiger partial charge in [-0.15, -0.1) is 0 Å². The number of carbonyl (C=O) groups excluding carboxylic acids is 1. The fourth-order valence-electron chi connectivity index (χ4n) is 2.29. The Balaban J connectivity index is 1.99. The largest absolute Gasteiger partial charge is 0.450 e. The number of fused-ring (bicyclic) bond motifs is 1. The Hall–Kier alpha value is -2.59. The zero-order valence-corrected chi connectivity index (χ0v) is 13.4. The van der Waals surface area contributed by atoms with Crippen molar-refractivity contribution < 1.29 is 9.21 Å². The lowest BCUT2D eigenvalue weighted by atomic mass is 10.1. The van der Waals surface area contributed by atoms with Crippen LogP contribution in [0.3, 0.4) is 0 Å². The molecule has 1 aromatic heterocycles. The average Bonchev–Trinajstić information content (AvgIpc) is 2.52. The van der Waals surface area contributed by atoms with Gasteiger partial charge in [0, 0.05) is 16.8 Å². The van der Waals surface area contributed by atoms with Gasteiger partial charge in [-0.2, -0.15) is 0 Å². The van der Waals surface area contributed by atoms with Crippen molar-refractivity contribution >= 4 is 34.2 Å². The van der Waals surface area contributed by atoms with Gasteiger partial charge in [0.15, 0.2) is 11.2 Å². The molecule has 3 rings (SSSR count). The molecular weight excluding hydrogens is 314 g/mol. The third-order valence-corrected chi connectivity index (χ3v) is 4.01. The Kier molecular flexibility index (Phi) is 3.92. The fraction of sp³-hybridized carbons (Fsp3) is 0.111. The van der Waals surface area contributed by atoms with Crippen LogP contribution in [0.1, 0.15) is 21.7 Å². The summed E-state index contributed by atoms with van der Waals surface area (Å²) in [7, 11) is 0. The van der Waals surface area contributed by atoms with Crippen LogP contribution in [-0.2, 0) is 0 Å². The van der Waals surface area contributed by atoms with Crippen molar-refractivity contribution in [1.29, 1.82) is 0 Å². The average molecular weight is 328 g/mol. The highest BCUT2D eigenvalue weighted by atomic mass is 35.5. The molecule has 23 heavy (non-hydrogen) atoms. The van der Waals surface area contributed by atoms with Crippen molar-refractivity contribution in [1.82, 2.24) is 0 Å². The van der Waals surface area contributed by atoms with Crippen molar-refractivity contribution in [2.45, 2.75) is 13.8 Å². The molecule has 1 N–H and O–H groups in total. The van der Waals surface area contributed by atoms with E-state index in [1.165, 1.54) is 6.07 Å². The highest BCUT2D eigenvalue weighted by Gasteiger charge is 2.14. The molecule has 116 valence electrons. The third-order valence-electron chi connectivity index (χ3n) is 3.61. The van der Waals surface area contributed by atoms with Gasteiger partial charge in [-0.05, 0) is 43.2 Å².